The summed E-state index contributed by atoms with van der Waals surface area (Å²) in [7, 11) is 1.65. The van der Waals surface area contributed by atoms with Crippen molar-refractivity contribution in [2.45, 2.75) is 19.5 Å². The van der Waals surface area contributed by atoms with E-state index in [-0.39, 0.29) is 11.9 Å². The predicted octanol–water partition coefficient (Wildman–Crippen LogP) is 4.45. The first-order valence-corrected chi connectivity index (χ1v) is 7.20. The molecule has 2 nitrogen and oxygen atoms in total. The Hall–Kier alpha value is -1.39. The lowest BCUT2D eigenvalue weighted by Gasteiger charge is -2.15. The molecule has 4 heteroatoms. The molecule has 0 radical (unpaired) electrons. The maximum atomic E-state index is 13.4. The summed E-state index contributed by atoms with van der Waals surface area (Å²) < 4.78 is 19.1. The minimum Gasteiger partial charge on any atom is -0.497 e. The fourth-order valence-corrected chi connectivity index (χ4v) is 2.20. The van der Waals surface area contributed by atoms with Gasteiger partial charge < -0.3 is 10.1 Å². The van der Waals surface area contributed by atoms with Crippen LogP contribution in [0.2, 0.25) is 0 Å². The van der Waals surface area contributed by atoms with Gasteiger partial charge in [0.2, 0.25) is 0 Å². The van der Waals surface area contributed by atoms with Crippen LogP contribution >= 0.6 is 15.9 Å². The lowest BCUT2D eigenvalue weighted by molar-refractivity contribution is 0.413. The van der Waals surface area contributed by atoms with Crippen molar-refractivity contribution in [3.63, 3.8) is 0 Å². The van der Waals surface area contributed by atoms with E-state index < -0.39 is 0 Å². The van der Waals surface area contributed by atoms with Crippen molar-refractivity contribution in [3.05, 3.63) is 63.9 Å². The quantitative estimate of drug-likeness (QED) is 0.870. The smallest absolute Gasteiger partial charge is 0.137 e. The van der Waals surface area contributed by atoms with Gasteiger partial charge in [0.1, 0.15) is 11.6 Å². The van der Waals surface area contributed by atoms with Crippen LogP contribution in [0.3, 0.4) is 0 Å². The number of ether oxygens (including phenoxy) is 1. The molecule has 20 heavy (non-hydrogen) atoms. The van der Waals surface area contributed by atoms with Gasteiger partial charge in [-0.3, -0.25) is 0 Å². The van der Waals surface area contributed by atoms with Crippen LogP contribution in [0.1, 0.15) is 24.1 Å². The zero-order valence-corrected chi connectivity index (χ0v) is 13.1. The first kappa shape index (κ1) is 15.0. The van der Waals surface area contributed by atoms with Gasteiger partial charge in [-0.2, -0.15) is 0 Å². The predicted molar refractivity (Wildman–Crippen MR) is 82.3 cm³/mol. The molecule has 0 aliphatic carbocycles. The van der Waals surface area contributed by atoms with Crippen molar-refractivity contribution in [2.24, 2.45) is 0 Å². The molecule has 0 aliphatic rings. The van der Waals surface area contributed by atoms with Crippen molar-refractivity contribution in [1.82, 2.24) is 5.32 Å². The molecule has 2 aromatic rings. The van der Waals surface area contributed by atoms with Crippen molar-refractivity contribution >= 4 is 15.9 Å². The Morgan fingerprint density at radius 1 is 1.25 bits per heavy atom. The Labute approximate surface area is 127 Å². The lowest BCUT2D eigenvalue weighted by atomic mass is 10.1. The molecule has 0 fully saturated rings. The standard InChI is InChI=1S/C16H17BrFNO/c1-11(13-4-3-5-14(9-13)20-2)19-10-12-6-7-15(17)16(18)8-12/h3-9,11,19H,10H2,1-2H3/t11-/m0/s1. The van der Waals surface area contributed by atoms with Crippen molar-refractivity contribution < 1.29 is 9.13 Å². The van der Waals surface area contributed by atoms with E-state index in [9.17, 15) is 4.39 Å². The summed E-state index contributed by atoms with van der Waals surface area (Å²) >= 11 is 3.15. The van der Waals surface area contributed by atoms with E-state index in [2.05, 4.69) is 28.2 Å². The molecular formula is C16H17BrFNO. The molecule has 0 unspecified atom stereocenters. The van der Waals surface area contributed by atoms with E-state index in [0.29, 0.717) is 11.0 Å². The average Bonchev–Trinajstić information content (AvgIpc) is 2.48. The highest BCUT2D eigenvalue weighted by molar-refractivity contribution is 9.10. The van der Waals surface area contributed by atoms with Crippen molar-refractivity contribution in [1.29, 1.82) is 0 Å². The molecule has 1 N–H and O–H groups in total. The molecular weight excluding hydrogens is 321 g/mol. The number of methoxy groups -OCH3 is 1. The number of halogens is 2. The zero-order valence-electron chi connectivity index (χ0n) is 11.5. The monoisotopic (exact) mass is 337 g/mol. The number of hydrogen-bond acceptors (Lipinski definition) is 2. The highest BCUT2D eigenvalue weighted by Crippen LogP contribution is 2.20. The second kappa shape index (κ2) is 6.86. The summed E-state index contributed by atoms with van der Waals surface area (Å²) in [5.74, 6) is 0.601. The molecule has 106 valence electrons. The second-order valence-electron chi connectivity index (χ2n) is 4.63. The van der Waals surface area contributed by atoms with E-state index in [0.717, 1.165) is 16.9 Å². The summed E-state index contributed by atoms with van der Waals surface area (Å²) in [6.07, 6.45) is 0. The summed E-state index contributed by atoms with van der Waals surface area (Å²) in [6, 6.07) is 13.3. The van der Waals surface area contributed by atoms with Gasteiger partial charge in [0.25, 0.3) is 0 Å². The fraction of sp³-hybridized carbons (Fsp3) is 0.250. The molecule has 0 bridgehead atoms. The third kappa shape index (κ3) is 3.81. The van der Waals surface area contributed by atoms with Crippen LogP contribution in [0, 0.1) is 5.82 Å². The maximum Gasteiger partial charge on any atom is 0.137 e. The van der Waals surface area contributed by atoms with Gasteiger partial charge in [-0.1, -0.05) is 18.2 Å². The van der Waals surface area contributed by atoms with Gasteiger partial charge in [0.15, 0.2) is 0 Å². The largest absolute Gasteiger partial charge is 0.497 e. The molecule has 0 aromatic heterocycles. The van der Waals surface area contributed by atoms with Gasteiger partial charge >= 0.3 is 0 Å². The minimum atomic E-state index is -0.238. The van der Waals surface area contributed by atoms with Gasteiger partial charge in [0, 0.05) is 12.6 Å². The molecule has 0 spiro atoms. The summed E-state index contributed by atoms with van der Waals surface area (Å²) in [4.78, 5) is 0. The van der Waals surface area contributed by atoms with Gasteiger partial charge in [-0.05, 0) is 58.2 Å². The first-order chi connectivity index (χ1) is 9.60. The normalized spacial score (nSPS) is 12.2. The molecule has 0 aliphatic heterocycles. The summed E-state index contributed by atoms with van der Waals surface area (Å²) in [5, 5.41) is 3.38. The maximum absolute atomic E-state index is 13.4. The number of hydrogen-bond donors (Lipinski definition) is 1. The SMILES string of the molecule is COc1cccc([C@H](C)NCc2ccc(Br)c(F)c2)c1. The Bertz CT molecular complexity index is 588. The lowest BCUT2D eigenvalue weighted by Crippen LogP contribution is -2.18. The van der Waals surface area contributed by atoms with E-state index in [4.69, 9.17) is 4.74 Å². The van der Waals surface area contributed by atoms with Crippen molar-refractivity contribution in [3.8, 4) is 5.75 Å². The van der Waals surface area contributed by atoms with Crippen LogP contribution in [0.15, 0.2) is 46.9 Å². The van der Waals surface area contributed by atoms with Crippen LogP contribution in [-0.2, 0) is 6.54 Å². The third-order valence-corrected chi connectivity index (χ3v) is 3.83. The third-order valence-electron chi connectivity index (χ3n) is 3.19. The Morgan fingerprint density at radius 2 is 2.05 bits per heavy atom. The molecule has 2 rings (SSSR count). The van der Waals surface area contributed by atoms with Crippen molar-refractivity contribution in [2.75, 3.05) is 7.11 Å². The number of rotatable bonds is 5. The van der Waals surface area contributed by atoms with Crippen LogP contribution < -0.4 is 10.1 Å². The van der Waals surface area contributed by atoms with Crippen LogP contribution in [0.25, 0.3) is 0 Å². The Kier molecular flexibility index (Phi) is 5.15. The second-order valence-corrected chi connectivity index (χ2v) is 5.48. The zero-order chi connectivity index (χ0) is 14.5. The molecule has 1 atom stereocenters. The van der Waals surface area contributed by atoms with Gasteiger partial charge in [0.05, 0.1) is 11.6 Å². The molecule has 0 saturated carbocycles. The van der Waals surface area contributed by atoms with Crippen LogP contribution in [0.4, 0.5) is 4.39 Å². The number of nitrogens with one attached hydrogen (secondary N) is 1. The van der Waals surface area contributed by atoms with Gasteiger partial charge in [-0.15, -0.1) is 0 Å². The topological polar surface area (TPSA) is 21.3 Å². The van der Waals surface area contributed by atoms with E-state index >= 15 is 0 Å². The van der Waals surface area contributed by atoms with E-state index in [1.807, 2.05) is 30.3 Å². The Morgan fingerprint density at radius 3 is 2.75 bits per heavy atom. The van der Waals surface area contributed by atoms with E-state index in [1.54, 1.807) is 13.2 Å². The summed E-state index contributed by atoms with van der Waals surface area (Å²) in [5.41, 5.74) is 2.06. The highest BCUT2D eigenvalue weighted by atomic mass is 79.9. The average molecular weight is 338 g/mol. The first-order valence-electron chi connectivity index (χ1n) is 6.41. The molecule has 0 amide bonds. The van der Waals surface area contributed by atoms with Crippen LogP contribution in [0.5, 0.6) is 5.75 Å². The minimum absolute atomic E-state index is 0.164. The fourth-order valence-electron chi connectivity index (χ4n) is 1.95. The summed E-state index contributed by atoms with van der Waals surface area (Å²) in [6.45, 7) is 2.69. The molecule has 2 aromatic carbocycles. The Balaban J connectivity index is 2.00. The molecule has 0 heterocycles. The highest BCUT2D eigenvalue weighted by Gasteiger charge is 2.07. The van der Waals surface area contributed by atoms with Crippen LogP contribution in [-0.4, -0.2) is 7.11 Å². The van der Waals surface area contributed by atoms with Gasteiger partial charge in [-0.25, -0.2) is 4.39 Å². The van der Waals surface area contributed by atoms with E-state index in [1.165, 1.54) is 6.07 Å². The molecule has 0 saturated heterocycles. The number of benzene rings is 2.